The fourth-order valence-corrected chi connectivity index (χ4v) is 4.79. The summed E-state index contributed by atoms with van der Waals surface area (Å²) in [6.45, 7) is 1.75. The summed E-state index contributed by atoms with van der Waals surface area (Å²) in [5.74, 6) is -0.137. The third-order valence-electron chi connectivity index (χ3n) is 4.76. The summed E-state index contributed by atoms with van der Waals surface area (Å²) >= 11 is 6.11. The highest BCUT2D eigenvalue weighted by Gasteiger charge is 2.33. The van der Waals surface area contributed by atoms with Crippen molar-refractivity contribution in [3.8, 4) is 5.75 Å². The second-order valence-corrected chi connectivity index (χ2v) is 9.11. The van der Waals surface area contributed by atoms with Crippen LogP contribution in [-0.2, 0) is 14.8 Å². The molecule has 0 bridgehead atoms. The molecule has 0 heterocycles. The van der Waals surface area contributed by atoms with Gasteiger partial charge in [0.15, 0.2) is 0 Å². The van der Waals surface area contributed by atoms with Crippen molar-refractivity contribution in [1.82, 2.24) is 0 Å². The summed E-state index contributed by atoms with van der Waals surface area (Å²) < 4.78 is 31.9. The number of rotatable bonds is 7. The lowest BCUT2D eigenvalue weighted by Crippen LogP contribution is -2.47. The van der Waals surface area contributed by atoms with Gasteiger partial charge >= 0.3 is 0 Å². The highest BCUT2D eigenvalue weighted by atomic mass is 35.5. The van der Waals surface area contributed by atoms with Gasteiger partial charge in [0, 0.05) is 16.1 Å². The molecule has 0 aliphatic heterocycles. The lowest BCUT2D eigenvalue weighted by Gasteiger charge is -2.31. The molecule has 1 atom stereocenters. The largest absolute Gasteiger partial charge is 0.495 e. The van der Waals surface area contributed by atoms with Crippen LogP contribution in [0, 0.1) is 0 Å². The zero-order valence-corrected chi connectivity index (χ0v) is 18.5. The molecule has 30 heavy (non-hydrogen) atoms. The third-order valence-corrected chi connectivity index (χ3v) is 6.16. The highest BCUT2D eigenvalue weighted by molar-refractivity contribution is 7.92. The Labute approximate surface area is 181 Å². The van der Waals surface area contributed by atoms with E-state index in [0.717, 1.165) is 21.3 Å². The molecule has 6 nitrogen and oxygen atoms in total. The number of nitrogens with one attached hydrogen (secondary N) is 1. The number of halogens is 1. The van der Waals surface area contributed by atoms with E-state index in [4.69, 9.17) is 16.3 Å². The van der Waals surface area contributed by atoms with Crippen LogP contribution in [0.25, 0.3) is 10.8 Å². The van der Waals surface area contributed by atoms with E-state index in [0.29, 0.717) is 16.5 Å². The molecule has 3 aromatic rings. The molecule has 0 saturated carbocycles. The summed E-state index contributed by atoms with van der Waals surface area (Å²) in [5.41, 5.74) is 0.829. The first kappa shape index (κ1) is 21.9. The molecule has 158 valence electrons. The number of methoxy groups -OCH3 is 1. The second-order valence-electron chi connectivity index (χ2n) is 6.81. The number of carbonyl (C=O) groups is 1. The minimum Gasteiger partial charge on any atom is -0.495 e. The first-order valence-corrected chi connectivity index (χ1v) is 11.6. The molecule has 3 rings (SSSR count). The smallest absolute Gasteiger partial charge is 0.248 e. The molecule has 0 fully saturated rings. The molecule has 3 aromatic carbocycles. The number of nitrogens with zero attached hydrogens (tertiary/aromatic N) is 1. The molecule has 8 heteroatoms. The topological polar surface area (TPSA) is 75.7 Å². The number of fused-ring (bicyclic) bond motifs is 1. The highest BCUT2D eigenvalue weighted by Crippen LogP contribution is 2.35. The van der Waals surface area contributed by atoms with Crippen LogP contribution in [-0.4, -0.2) is 33.7 Å². The van der Waals surface area contributed by atoms with E-state index in [1.165, 1.54) is 13.2 Å². The van der Waals surface area contributed by atoms with E-state index in [-0.39, 0.29) is 12.1 Å². The Morgan fingerprint density at radius 2 is 1.83 bits per heavy atom. The van der Waals surface area contributed by atoms with Gasteiger partial charge in [-0.15, -0.1) is 0 Å². The number of sulfonamides is 1. The van der Waals surface area contributed by atoms with Crippen molar-refractivity contribution in [2.45, 2.75) is 19.4 Å². The number of carbonyl (C=O) groups excluding carboxylic acids is 1. The lowest BCUT2D eigenvalue weighted by molar-refractivity contribution is -0.117. The summed E-state index contributed by atoms with van der Waals surface area (Å²) in [5, 5.41) is 5.07. The number of anilines is 2. The number of hydrogen-bond donors (Lipinski definition) is 1. The van der Waals surface area contributed by atoms with Gasteiger partial charge in [0.05, 0.1) is 19.1 Å². The molecular weight excluding hydrogens is 424 g/mol. The quantitative estimate of drug-likeness (QED) is 0.571. The number of benzene rings is 3. The van der Waals surface area contributed by atoms with E-state index in [1.54, 1.807) is 25.1 Å². The molecule has 0 saturated heterocycles. The molecule has 0 radical (unpaired) electrons. The first-order valence-electron chi connectivity index (χ1n) is 9.37. The van der Waals surface area contributed by atoms with E-state index in [9.17, 15) is 13.2 Å². The van der Waals surface area contributed by atoms with Crippen molar-refractivity contribution in [3.05, 3.63) is 65.7 Å². The minimum atomic E-state index is -3.82. The molecular formula is C22H23ClN2O4S. The van der Waals surface area contributed by atoms with Crippen LogP contribution in [0.1, 0.15) is 13.3 Å². The van der Waals surface area contributed by atoms with Gasteiger partial charge in [-0.3, -0.25) is 9.10 Å². The Hall–Kier alpha value is -2.77. The summed E-state index contributed by atoms with van der Waals surface area (Å²) in [6.07, 6.45) is 1.31. The van der Waals surface area contributed by atoms with Crippen LogP contribution in [0.5, 0.6) is 5.75 Å². The normalized spacial score (nSPS) is 12.4. The van der Waals surface area contributed by atoms with Crippen molar-refractivity contribution in [1.29, 1.82) is 0 Å². The molecule has 1 N–H and O–H groups in total. The van der Waals surface area contributed by atoms with Gasteiger partial charge in [-0.2, -0.15) is 0 Å². The van der Waals surface area contributed by atoms with Crippen molar-refractivity contribution in [2.24, 2.45) is 0 Å². The average Bonchev–Trinajstić information content (AvgIpc) is 2.71. The number of hydrogen-bond acceptors (Lipinski definition) is 4. The predicted octanol–water partition coefficient (Wildman–Crippen LogP) is 4.69. The molecule has 0 unspecified atom stereocenters. The van der Waals surface area contributed by atoms with Crippen LogP contribution >= 0.6 is 11.6 Å². The first-order chi connectivity index (χ1) is 14.3. The predicted molar refractivity (Wildman–Crippen MR) is 122 cm³/mol. The Balaban J connectivity index is 2.04. The minimum absolute atomic E-state index is 0.215. The Morgan fingerprint density at radius 3 is 2.50 bits per heavy atom. The zero-order valence-electron chi connectivity index (χ0n) is 16.9. The molecule has 1 amide bonds. The van der Waals surface area contributed by atoms with Gasteiger partial charge in [-0.1, -0.05) is 54.9 Å². The van der Waals surface area contributed by atoms with Gasteiger partial charge in [0.2, 0.25) is 15.9 Å². The molecule has 0 aliphatic rings. The van der Waals surface area contributed by atoms with Crippen LogP contribution in [0.4, 0.5) is 11.4 Å². The molecule has 0 spiro atoms. The summed E-state index contributed by atoms with van der Waals surface area (Å²) in [4.78, 5) is 13.2. The average molecular weight is 447 g/mol. The lowest BCUT2D eigenvalue weighted by atomic mass is 10.1. The van der Waals surface area contributed by atoms with E-state index in [2.05, 4.69) is 5.32 Å². The Bertz CT molecular complexity index is 1180. The summed E-state index contributed by atoms with van der Waals surface area (Å²) in [6, 6.07) is 16.9. The Morgan fingerprint density at radius 1 is 1.13 bits per heavy atom. The fraction of sp³-hybridized carbons (Fsp3) is 0.227. The standard InChI is InChI=1S/C22H23ClN2O4S/c1-4-19(22(26)24-18-11-7-9-15-8-5-6-10-17(15)18)25(30(3,27)28)20-14-16(23)12-13-21(20)29-2/h5-14,19H,4H2,1-3H3,(H,24,26)/t19-/m1/s1. The van der Waals surface area contributed by atoms with Crippen molar-refractivity contribution >= 4 is 49.7 Å². The van der Waals surface area contributed by atoms with E-state index in [1.807, 2.05) is 36.4 Å². The van der Waals surface area contributed by atoms with E-state index >= 15 is 0 Å². The maximum absolute atomic E-state index is 13.2. The number of amides is 1. The summed E-state index contributed by atoms with van der Waals surface area (Å²) in [7, 11) is -2.39. The van der Waals surface area contributed by atoms with Crippen LogP contribution < -0.4 is 14.4 Å². The van der Waals surface area contributed by atoms with Crippen LogP contribution in [0.3, 0.4) is 0 Å². The molecule has 0 aromatic heterocycles. The zero-order chi connectivity index (χ0) is 21.9. The van der Waals surface area contributed by atoms with Gasteiger partial charge in [0.25, 0.3) is 0 Å². The van der Waals surface area contributed by atoms with Crippen molar-refractivity contribution in [3.63, 3.8) is 0 Å². The van der Waals surface area contributed by atoms with Crippen molar-refractivity contribution in [2.75, 3.05) is 23.0 Å². The van der Waals surface area contributed by atoms with E-state index < -0.39 is 22.0 Å². The third kappa shape index (κ3) is 4.52. The van der Waals surface area contributed by atoms with Crippen molar-refractivity contribution < 1.29 is 17.9 Å². The van der Waals surface area contributed by atoms with Crippen LogP contribution in [0.15, 0.2) is 60.7 Å². The SMILES string of the molecule is CC[C@H](C(=O)Nc1cccc2ccccc12)N(c1cc(Cl)ccc1OC)S(C)(=O)=O. The van der Waals surface area contributed by atoms with Crippen LogP contribution in [0.2, 0.25) is 5.02 Å². The monoisotopic (exact) mass is 446 g/mol. The Kier molecular flexibility index (Phi) is 6.53. The van der Waals surface area contributed by atoms with Gasteiger partial charge in [-0.05, 0) is 36.1 Å². The fourth-order valence-electron chi connectivity index (χ4n) is 3.42. The van der Waals surface area contributed by atoms with Gasteiger partial charge in [-0.25, -0.2) is 8.42 Å². The van der Waals surface area contributed by atoms with Gasteiger partial charge in [0.1, 0.15) is 11.8 Å². The maximum atomic E-state index is 13.2. The molecule has 0 aliphatic carbocycles. The van der Waals surface area contributed by atoms with Gasteiger partial charge < -0.3 is 10.1 Å². The maximum Gasteiger partial charge on any atom is 0.248 e. The second kappa shape index (κ2) is 8.93. The number of ether oxygens (including phenoxy) is 1.